The number of hydrogen-bond donors (Lipinski definition) is 2. The van der Waals surface area contributed by atoms with E-state index in [4.69, 9.17) is 9.47 Å². The van der Waals surface area contributed by atoms with E-state index in [2.05, 4.69) is 10.6 Å². The molecule has 0 saturated heterocycles. The molecule has 1 amide bonds. The minimum atomic E-state index is -0.409. The zero-order chi connectivity index (χ0) is 27.0. The van der Waals surface area contributed by atoms with Gasteiger partial charge in [0.05, 0.1) is 20.1 Å². The molecule has 2 N–H and O–H groups in total. The molecule has 1 aliphatic heterocycles. The molecule has 7 heteroatoms. The highest BCUT2D eigenvalue weighted by Crippen LogP contribution is 2.47. The zero-order valence-corrected chi connectivity index (χ0v) is 23.1. The van der Waals surface area contributed by atoms with Crippen LogP contribution in [-0.2, 0) is 9.59 Å². The number of benzene rings is 2. The van der Waals surface area contributed by atoms with Crippen molar-refractivity contribution in [1.29, 1.82) is 0 Å². The van der Waals surface area contributed by atoms with Crippen molar-refractivity contribution in [2.45, 2.75) is 45.4 Å². The van der Waals surface area contributed by atoms with Crippen LogP contribution >= 0.6 is 11.3 Å². The predicted octanol–water partition coefficient (Wildman–Crippen LogP) is 6.38. The molecular formula is C31H32N2O4S. The second kappa shape index (κ2) is 10.5. The summed E-state index contributed by atoms with van der Waals surface area (Å²) >= 11 is 1.63. The first kappa shape index (κ1) is 25.8. The maximum atomic E-state index is 13.9. The Balaban J connectivity index is 1.53. The SMILES string of the molecule is COc1ccc([C@@H]2CC(=O)C3=C(C2)NC(C)=C(C(=O)Nc2ccccc2C)[C@@H]3c2ccc(C)s2)cc1OC. The van der Waals surface area contributed by atoms with Crippen LogP contribution in [-0.4, -0.2) is 25.9 Å². The minimum Gasteiger partial charge on any atom is -0.493 e. The molecule has 0 bridgehead atoms. The van der Waals surface area contributed by atoms with Crippen LogP contribution in [0.1, 0.15) is 52.5 Å². The number of ether oxygens (including phenoxy) is 2. The number of rotatable bonds is 6. The number of carbonyl (C=O) groups is 2. The third-order valence-electron chi connectivity index (χ3n) is 7.39. The molecule has 0 radical (unpaired) electrons. The van der Waals surface area contributed by atoms with Crippen molar-refractivity contribution in [3.63, 3.8) is 0 Å². The third kappa shape index (κ3) is 4.74. The van der Waals surface area contributed by atoms with E-state index >= 15 is 0 Å². The molecule has 0 unspecified atom stereocenters. The fraction of sp³-hybridized carbons (Fsp3) is 0.290. The third-order valence-corrected chi connectivity index (χ3v) is 8.46. The number of carbonyl (C=O) groups excluding carboxylic acids is 2. The standard InChI is InChI=1S/C31H32N2O4S/c1-17-8-6-7-9-22(17)33-31(35)28-19(3)32-23-14-21(20-11-12-25(36-4)26(16-20)37-5)15-24(34)29(23)30(28)27-13-10-18(2)38-27/h6-13,16,21,30,32H,14-15H2,1-5H3,(H,33,35)/t21-,30-/m0/s1. The van der Waals surface area contributed by atoms with Gasteiger partial charge in [0.25, 0.3) is 5.91 Å². The van der Waals surface area contributed by atoms with Gasteiger partial charge in [-0.2, -0.15) is 0 Å². The Morgan fingerprint density at radius 2 is 1.74 bits per heavy atom. The van der Waals surface area contributed by atoms with Crippen LogP contribution in [0.25, 0.3) is 0 Å². The Labute approximate surface area is 227 Å². The largest absolute Gasteiger partial charge is 0.493 e. The number of thiophene rings is 1. The van der Waals surface area contributed by atoms with Crippen molar-refractivity contribution in [3.8, 4) is 11.5 Å². The van der Waals surface area contributed by atoms with E-state index in [-0.39, 0.29) is 17.6 Å². The lowest BCUT2D eigenvalue weighted by molar-refractivity contribution is -0.116. The summed E-state index contributed by atoms with van der Waals surface area (Å²) in [5.41, 5.74) is 5.72. The molecule has 2 aliphatic rings. The molecule has 38 heavy (non-hydrogen) atoms. The Bertz CT molecular complexity index is 1480. The molecule has 6 nitrogen and oxygen atoms in total. The van der Waals surface area contributed by atoms with Crippen molar-refractivity contribution in [2.24, 2.45) is 0 Å². The fourth-order valence-corrected chi connectivity index (χ4v) is 6.48. The smallest absolute Gasteiger partial charge is 0.254 e. The van der Waals surface area contributed by atoms with E-state index in [0.717, 1.165) is 38.0 Å². The highest BCUT2D eigenvalue weighted by atomic mass is 32.1. The number of amides is 1. The molecule has 2 heterocycles. The van der Waals surface area contributed by atoms with Crippen LogP contribution in [0.4, 0.5) is 5.69 Å². The second-order valence-electron chi connectivity index (χ2n) is 9.85. The molecule has 196 valence electrons. The van der Waals surface area contributed by atoms with Crippen LogP contribution < -0.4 is 20.1 Å². The van der Waals surface area contributed by atoms with Crippen LogP contribution in [0.2, 0.25) is 0 Å². The molecule has 2 aromatic carbocycles. The van der Waals surface area contributed by atoms with E-state index < -0.39 is 5.92 Å². The number of aryl methyl sites for hydroxylation is 2. The maximum absolute atomic E-state index is 13.9. The van der Waals surface area contributed by atoms with Gasteiger partial charge >= 0.3 is 0 Å². The van der Waals surface area contributed by atoms with E-state index in [9.17, 15) is 9.59 Å². The number of allylic oxidation sites excluding steroid dienone is 3. The normalized spacial score (nSPS) is 19.1. The monoisotopic (exact) mass is 528 g/mol. The van der Waals surface area contributed by atoms with Crippen molar-refractivity contribution in [1.82, 2.24) is 5.32 Å². The fourth-order valence-electron chi connectivity index (χ4n) is 5.48. The van der Waals surface area contributed by atoms with Crippen LogP contribution in [0, 0.1) is 13.8 Å². The molecule has 1 aromatic heterocycles. The van der Waals surface area contributed by atoms with E-state index in [1.54, 1.807) is 25.6 Å². The van der Waals surface area contributed by atoms with Crippen LogP contribution in [0.15, 0.2) is 77.1 Å². The Morgan fingerprint density at radius 1 is 0.974 bits per heavy atom. The quantitative estimate of drug-likeness (QED) is 0.388. The first-order chi connectivity index (χ1) is 18.3. The lowest BCUT2D eigenvalue weighted by Crippen LogP contribution is -2.36. The average Bonchev–Trinajstić information content (AvgIpc) is 3.34. The number of Topliss-reactive ketones (excluding diaryl/α,β-unsaturated/α-hetero) is 1. The summed E-state index contributed by atoms with van der Waals surface area (Å²) in [5, 5.41) is 6.56. The number of para-hydroxylation sites is 1. The Kier molecular flexibility index (Phi) is 7.13. The second-order valence-corrected chi connectivity index (χ2v) is 11.2. The van der Waals surface area contributed by atoms with Crippen LogP contribution in [0.3, 0.4) is 0 Å². The summed E-state index contributed by atoms with van der Waals surface area (Å²) in [5.74, 6) is 0.754. The molecule has 0 fully saturated rings. The number of nitrogens with one attached hydrogen (secondary N) is 2. The van der Waals surface area contributed by atoms with Gasteiger partial charge in [0.15, 0.2) is 17.3 Å². The van der Waals surface area contributed by atoms with Crippen molar-refractivity contribution in [2.75, 3.05) is 19.5 Å². The molecule has 2 atom stereocenters. The van der Waals surface area contributed by atoms with Gasteiger partial charge in [-0.3, -0.25) is 9.59 Å². The molecule has 0 saturated carbocycles. The topological polar surface area (TPSA) is 76.7 Å². The summed E-state index contributed by atoms with van der Waals surface area (Å²) in [7, 11) is 3.22. The summed E-state index contributed by atoms with van der Waals surface area (Å²) in [4.78, 5) is 29.8. The van der Waals surface area contributed by atoms with Crippen molar-refractivity contribution in [3.05, 3.63) is 98.0 Å². The Morgan fingerprint density at radius 3 is 2.42 bits per heavy atom. The van der Waals surface area contributed by atoms with E-state index in [1.807, 2.05) is 75.4 Å². The Hall–Kier alpha value is -3.84. The van der Waals surface area contributed by atoms with E-state index in [1.165, 1.54) is 0 Å². The van der Waals surface area contributed by atoms with Gasteiger partial charge in [-0.1, -0.05) is 24.3 Å². The molecular weight excluding hydrogens is 496 g/mol. The highest BCUT2D eigenvalue weighted by molar-refractivity contribution is 7.12. The molecule has 1 aliphatic carbocycles. The lowest BCUT2D eigenvalue weighted by Gasteiger charge is -2.36. The van der Waals surface area contributed by atoms with Gasteiger partial charge in [-0.05, 0) is 74.6 Å². The van der Waals surface area contributed by atoms with Gasteiger partial charge in [0, 0.05) is 44.4 Å². The highest BCUT2D eigenvalue weighted by Gasteiger charge is 2.41. The molecule has 0 spiro atoms. The van der Waals surface area contributed by atoms with Crippen LogP contribution in [0.5, 0.6) is 11.5 Å². The van der Waals surface area contributed by atoms with Crippen molar-refractivity contribution >= 4 is 28.7 Å². The number of methoxy groups -OCH3 is 2. The average molecular weight is 529 g/mol. The van der Waals surface area contributed by atoms with Crippen molar-refractivity contribution < 1.29 is 19.1 Å². The van der Waals surface area contributed by atoms with Gasteiger partial charge in [0.1, 0.15) is 0 Å². The summed E-state index contributed by atoms with van der Waals surface area (Å²) < 4.78 is 10.9. The number of ketones is 1. The first-order valence-corrected chi connectivity index (χ1v) is 13.5. The zero-order valence-electron chi connectivity index (χ0n) is 22.3. The number of anilines is 1. The summed E-state index contributed by atoms with van der Waals surface area (Å²) in [6.45, 7) is 5.94. The van der Waals surface area contributed by atoms with Gasteiger partial charge in [-0.25, -0.2) is 0 Å². The maximum Gasteiger partial charge on any atom is 0.254 e. The van der Waals surface area contributed by atoms with Gasteiger partial charge < -0.3 is 20.1 Å². The number of dihydropyridines is 1. The first-order valence-electron chi connectivity index (χ1n) is 12.7. The molecule has 5 rings (SSSR count). The summed E-state index contributed by atoms with van der Waals surface area (Å²) in [6.07, 6.45) is 1.03. The minimum absolute atomic E-state index is 0.00516. The van der Waals surface area contributed by atoms with E-state index in [0.29, 0.717) is 35.5 Å². The summed E-state index contributed by atoms with van der Waals surface area (Å²) in [6, 6.07) is 17.6. The van der Waals surface area contributed by atoms with Gasteiger partial charge in [-0.15, -0.1) is 11.3 Å². The lowest BCUT2D eigenvalue weighted by atomic mass is 9.73. The van der Waals surface area contributed by atoms with Gasteiger partial charge in [0.2, 0.25) is 0 Å². The number of hydrogen-bond acceptors (Lipinski definition) is 6. The molecule has 3 aromatic rings. The predicted molar refractivity (Wildman–Crippen MR) is 151 cm³/mol.